The summed E-state index contributed by atoms with van der Waals surface area (Å²) in [5.74, 6) is -0.265. The maximum Gasteiger partial charge on any atom is 0.417 e. The van der Waals surface area contributed by atoms with Gasteiger partial charge in [0.2, 0.25) is 5.88 Å². The molecule has 9 nitrogen and oxygen atoms in total. The molecule has 44 heavy (non-hydrogen) atoms. The lowest BCUT2D eigenvalue weighted by molar-refractivity contribution is -0.137. The SMILES string of the molecule is CCOc1ncccc1-c1ccc(N2CCN(C(=O)c3ncc(C(F)(F)F)cc3Cl)C[C@H]2CC)c(C(=O)N[C@@H]2CCNC2)c1. The van der Waals surface area contributed by atoms with Crippen LogP contribution in [0.4, 0.5) is 18.9 Å². The lowest BCUT2D eigenvalue weighted by atomic mass is 9.99. The number of rotatable bonds is 8. The molecule has 2 saturated heterocycles. The zero-order valence-corrected chi connectivity index (χ0v) is 25.2. The van der Waals surface area contributed by atoms with Crippen molar-refractivity contribution >= 4 is 29.1 Å². The quantitative estimate of drug-likeness (QED) is 0.360. The third kappa shape index (κ3) is 6.76. The van der Waals surface area contributed by atoms with Crippen molar-refractivity contribution in [2.24, 2.45) is 0 Å². The molecule has 2 aliphatic heterocycles. The van der Waals surface area contributed by atoms with E-state index in [9.17, 15) is 22.8 Å². The van der Waals surface area contributed by atoms with Gasteiger partial charge in [-0.2, -0.15) is 13.2 Å². The van der Waals surface area contributed by atoms with Gasteiger partial charge in [-0.25, -0.2) is 9.97 Å². The first kappa shape index (κ1) is 31.5. The van der Waals surface area contributed by atoms with Crippen LogP contribution in [-0.4, -0.2) is 78.1 Å². The fourth-order valence-corrected chi connectivity index (χ4v) is 5.89. The van der Waals surface area contributed by atoms with Gasteiger partial charge in [0.1, 0.15) is 5.69 Å². The third-order valence-electron chi connectivity index (χ3n) is 7.92. The lowest BCUT2D eigenvalue weighted by Gasteiger charge is -2.43. The Bertz CT molecular complexity index is 1520. The van der Waals surface area contributed by atoms with E-state index < -0.39 is 17.6 Å². The predicted octanol–water partition coefficient (Wildman–Crippen LogP) is 5.05. The normalized spacial score (nSPS) is 18.8. The number of aromatic nitrogens is 2. The summed E-state index contributed by atoms with van der Waals surface area (Å²) < 4.78 is 45.0. The zero-order chi connectivity index (χ0) is 31.4. The van der Waals surface area contributed by atoms with Crippen molar-refractivity contribution in [1.29, 1.82) is 0 Å². The maximum absolute atomic E-state index is 13.8. The fourth-order valence-electron chi connectivity index (χ4n) is 5.65. The summed E-state index contributed by atoms with van der Waals surface area (Å²) in [6.07, 6.45) is -0.866. The highest BCUT2D eigenvalue weighted by Gasteiger charge is 2.35. The van der Waals surface area contributed by atoms with E-state index in [1.165, 1.54) is 0 Å². The maximum atomic E-state index is 13.8. The number of anilines is 1. The van der Waals surface area contributed by atoms with Crippen molar-refractivity contribution < 1.29 is 27.5 Å². The second kappa shape index (κ2) is 13.4. The molecule has 0 spiro atoms. The second-order valence-electron chi connectivity index (χ2n) is 10.7. The van der Waals surface area contributed by atoms with Gasteiger partial charge in [0, 0.05) is 61.9 Å². The molecule has 0 unspecified atom stereocenters. The van der Waals surface area contributed by atoms with Crippen LogP contribution in [0.3, 0.4) is 0 Å². The van der Waals surface area contributed by atoms with Crippen LogP contribution in [0.5, 0.6) is 5.88 Å². The number of pyridine rings is 2. The minimum atomic E-state index is -4.62. The Morgan fingerprint density at radius 1 is 1.16 bits per heavy atom. The van der Waals surface area contributed by atoms with E-state index in [1.54, 1.807) is 11.1 Å². The van der Waals surface area contributed by atoms with E-state index >= 15 is 0 Å². The summed E-state index contributed by atoms with van der Waals surface area (Å²) >= 11 is 6.08. The minimum absolute atomic E-state index is 0.00815. The highest BCUT2D eigenvalue weighted by Crippen LogP contribution is 2.35. The number of carbonyl (C=O) groups excluding carboxylic acids is 2. The summed E-state index contributed by atoms with van der Waals surface area (Å²) in [6, 6.07) is 9.96. The molecule has 4 heterocycles. The van der Waals surface area contributed by atoms with Crippen LogP contribution in [0.15, 0.2) is 48.8 Å². The number of hydrogen-bond donors (Lipinski definition) is 2. The van der Waals surface area contributed by atoms with Crippen LogP contribution in [0.25, 0.3) is 11.1 Å². The summed E-state index contributed by atoms with van der Waals surface area (Å²) in [6.45, 7) is 6.77. The number of amides is 2. The Morgan fingerprint density at radius 3 is 2.66 bits per heavy atom. The number of nitrogens with zero attached hydrogens (tertiary/aromatic N) is 4. The second-order valence-corrected chi connectivity index (χ2v) is 11.2. The Kier molecular flexibility index (Phi) is 9.59. The van der Waals surface area contributed by atoms with Crippen LogP contribution in [0.1, 0.15) is 53.1 Å². The van der Waals surface area contributed by atoms with Gasteiger partial charge < -0.3 is 25.2 Å². The minimum Gasteiger partial charge on any atom is -0.478 e. The molecule has 1 aromatic carbocycles. The van der Waals surface area contributed by atoms with Crippen molar-refractivity contribution in [1.82, 2.24) is 25.5 Å². The first-order valence-corrected chi connectivity index (χ1v) is 15.0. The van der Waals surface area contributed by atoms with Crippen molar-refractivity contribution in [2.45, 2.75) is 44.9 Å². The smallest absolute Gasteiger partial charge is 0.417 e. The highest BCUT2D eigenvalue weighted by atomic mass is 35.5. The van der Waals surface area contributed by atoms with Gasteiger partial charge in [0.05, 0.1) is 22.8 Å². The summed E-state index contributed by atoms with van der Waals surface area (Å²) in [4.78, 5) is 38.9. The number of piperazine rings is 1. The van der Waals surface area contributed by atoms with E-state index in [2.05, 4.69) is 25.5 Å². The Hall–Kier alpha value is -3.90. The van der Waals surface area contributed by atoms with Gasteiger partial charge in [-0.05, 0) is 62.2 Å². The molecule has 2 atom stereocenters. The Labute approximate surface area is 258 Å². The van der Waals surface area contributed by atoms with E-state index in [4.69, 9.17) is 16.3 Å². The largest absolute Gasteiger partial charge is 0.478 e. The van der Waals surface area contributed by atoms with Gasteiger partial charge in [-0.15, -0.1) is 0 Å². The van der Waals surface area contributed by atoms with E-state index in [0.29, 0.717) is 43.8 Å². The zero-order valence-electron chi connectivity index (χ0n) is 24.5. The molecular weight excluding hydrogens is 597 g/mol. The van der Waals surface area contributed by atoms with Gasteiger partial charge in [0.25, 0.3) is 11.8 Å². The first-order valence-electron chi connectivity index (χ1n) is 14.6. The molecule has 5 rings (SSSR count). The standard InChI is InChI=1S/C31H34ClF3N6O3/c1-3-22-18-40(30(43)27-25(32)15-20(16-38-27)31(33,34)35)12-13-41(22)26-8-7-19(23-6-5-10-37-29(23)44-4-2)14-24(26)28(42)39-21-9-11-36-17-21/h5-8,10,14-16,21-22,36H,3-4,9,11-13,17-18H2,1-2H3,(H,39,42)/t21-,22-/m1/s1. The number of alkyl halides is 3. The molecule has 2 aromatic heterocycles. The van der Waals surface area contributed by atoms with Gasteiger partial charge in [-0.3, -0.25) is 9.59 Å². The molecule has 3 aromatic rings. The van der Waals surface area contributed by atoms with Crippen molar-refractivity contribution in [3.63, 3.8) is 0 Å². The van der Waals surface area contributed by atoms with Gasteiger partial charge >= 0.3 is 6.18 Å². The monoisotopic (exact) mass is 630 g/mol. The van der Waals surface area contributed by atoms with Gasteiger partial charge in [0.15, 0.2) is 0 Å². The summed E-state index contributed by atoms with van der Waals surface area (Å²) in [5, 5.41) is 6.07. The number of benzene rings is 1. The van der Waals surface area contributed by atoms with Crippen LogP contribution in [0.2, 0.25) is 5.02 Å². The predicted molar refractivity (Wildman–Crippen MR) is 161 cm³/mol. The molecule has 2 amide bonds. The van der Waals surface area contributed by atoms with E-state index in [0.717, 1.165) is 35.8 Å². The number of nitrogens with one attached hydrogen (secondary N) is 2. The average Bonchev–Trinajstić information content (AvgIpc) is 3.53. The highest BCUT2D eigenvalue weighted by molar-refractivity contribution is 6.33. The molecule has 0 radical (unpaired) electrons. The molecule has 0 aliphatic carbocycles. The van der Waals surface area contributed by atoms with Crippen LogP contribution in [-0.2, 0) is 6.18 Å². The third-order valence-corrected chi connectivity index (χ3v) is 8.21. The molecule has 2 aliphatic rings. The van der Waals surface area contributed by atoms with Crippen molar-refractivity contribution in [2.75, 3.05) is 44.2 Å². The van der Waals surface area contributed by atoms with Crippen LogP contribution >= 0.6 is 11.6 Å². The van der Waals surface area contributed by atoms with Crippen LogP contribution in [0, 0.1) is 0 Å². The average molecular weight is 631 g/mol. The molecule has 2 fully saturated rings. The molecule has 234 valence electrons. The van der Waals surface area contributed by atoms with Gasteiger partial charge in [-0.1, -0.05) is 24.6 Å². The molecule has 0 saturated carbocycles. The molecule has 2 N–H and O–H groups in total. The molecular formula is C31H34ClF3N6O3. The lowest BCUT2D eigenvalue weighted by Crippen LogP contribution is -2.55. The first-order chi connectivity index (χ1) is 21.1. The Morgan fingerprint density at radius 2 is 1.98 bits per heavy atom. The molecule has 13 heteroatoms. The number of hydrogen-bond acceptors (Lipinski definition) is 7. The van der Waals surface area contributed by atoms with E-state index in [-0.39, 0.29) is 41.8 Å². The van der Waals surface area contributed by atoms with Crippen molar-refractivity contribution in [3.8, 4) is 17.0 Å². The summed E-state index contributed by atoms with van der Waals surface area (Å²) in [5.41, 5.74) is 1.53. The number of halogens is 4. The molecule has 0 bridgehead atoms. The summed E-state index contributed by atoms with van der Waals surface area (Å²) in [7, 11) is 0. The number of ether oxygens (including phenoxy) is 1. The van der Waals surface area contributed by atoms with Crippen LogP contribution < -0.4 is 20.3 Å². The van der Waals surface area contributed by atoms with E-state index in [1.807, 2.05) is 44.2 Å². The fraction of sp³-hybridized carbons (Fsp3) is 0.419. The number of carbonyl (C=O) groups is 2. The van der Waals surface area contributed by atoms with Crippen molar-refractivity contribution in [3.05, 3.63) is 70.6 Å². The topological polar surface area (TPSA) is 99.7 Å². The Balaban J connectivity index is 1.44.